The van der Waals surface area contributed by atoms with Crippen LogP contribution < -0.4 is 5.73 Å². The molecule has 0 atom stereocenters. The molecule has 0 bridgehead atoms. The number of alkyl halides is 3. The van der Waals surface area contributed by atoms with E-state index in [0.717, 1.165) is 11.8 Å². The van der Waals surface area contributed by atoms with Gasteiger partial charge in [-0.2, -0.15) is 13.2 Å². The fourth-order valence-corrected chi connectivity index (χ4v) is 2.15. The molecule has 0 aliphatic carbocycles. The number of nitrogens with zero attached hydrogens (tertiary/aromatic N) is 2. The maximum Gasteiger partial charge on any atom is 0.418 e. The van der Waals surface area contributed by atoms with Gasteiger partial charge < -0.3 is 15.2 Å². The summed E-state index contributed by atoms with van der Waals surface area (Å²) in [6.07, 6.45) is -2.84. The Hall–Kier alpha value is -1.95. The van der Waals surface area contributed by atoms with Crippen LogP contribution in [0.15, 0.2) is 36.5 Å². The van der Waals surface area contributed by atoms with E-state index in [2.05, 4.69) is 0 Å². The number of anilines is 1. The van der Waals surface area contributed by atoms with E-state index in [1.54, 1.807) is 18.3 Å². The van der Waals surface area contributed by atoms with E-state index in [9.17, 15) is 13.2 Å². The first-order valence-electron chi connectivity index (χ1n) is 6.07. The molecule has 0 radical (unpaired) electrons. The number of para-hydroxylation sites is 1. The van der Waals surface area contributed by atoms with Crippen molar-refractivity contribution >= 4 is 5.69 Å². The molecule has 1 aromatic heterocycles. The number of hydrogen-bond donors (Lipinski definition) is 1. The van der Waals surface area contributed by atoms with Crippen LogP contribution in [0.4, 0.5) is 18.9 Å². The smallest absolute Gasteiger partial charge is 0.397 e. The molecule has 6 heteroatoms. The van der Waals surface area contributed by atoms with Gasteiger partial charge in [0.25, 0.3) is 0 Å². The summed E-state index contributed by atoms with van der Waals surface area (Å²) in [4.78, 5) is 1.89. The minimum absolute atomic E-state index is 0.0122. The zero-order valence-electron chi connectivity index (χ0n) is 11.3. The summed E-state index contributed by atoms with van der Waals surface area (Å²) >= 11 is 0. The van der Waals surface area contributed by atoms with Gasteiger partial charge >= 0.3 is 6.18 Å². The van der Waals surface area contributed by atoms with Gasteiger partial charge in [-0.15, -0.1) is 0 Å². The zero-order valence-corrected chi connectivity index (χ0v) is 11.3. The molecule has 0 fully saturated rings. The van der Waals surface area contributed by atoms with Crippen LogP contribution in [0.1, 0.15) is 11.3 Å². The van der Waals surface area contributed by atoms with Crippen molar-refractivity contribution in [3.8, 4) is 5.69 Å². The summed E-state index contributed by atoms with van der Waals surface area (Å²) in [5.74, 6) is 0. The second-order valence-corrected chi connectivity index (χ2v) is 4.85. The van der Waals surface area contributed by atoms with Gasteiger partial charge in [-0.3, -0.25) is 0 Å². The quantitative estimate of drug-likeness (QED) is 0.878. The van der Waals surface area contributed by atoms with Crippen LogP contribution >= 0.6 is 0 Å². The van der Waals surface area contributed by atoms with Gasteiger partial charge in [0.05, 0.1) is 16.9 Å². The molecule has 2 rings (SSSR count). The fourth-order valence-electron chi connectivity index (χ4n) is 2.15. The van der Waals surface area contributed by atoms with Crippen molar-refractivity contribution in [1.82, 2.24) is 9.47 Å². The molecule has 1 aromatic carbocycles. The average molecular weight is 283 g/mol. The molecular formula is C14H16F3N3. The predicted octanol–water partition coefficient (Wildman–Crippen LogP) is 3.14. The second kappa shape index (κ2) is 5.20. The van der Waals surface area contributed by atoms with Gasteiger partial charge in [0.2, 0.25) is 0 Å². The largest absolute Gasteiger partial charge is 0.418 e. The first kappa shape index (κ1) is 14.5. The summed E-state index contributed by atoms with van der Waals surface area (Å²) in [5, 5.41) is 0. The van der Waals surface area contributed by atoms with Crippen molar-refractivity contribution in [2.75, 3.05) is 19.8 Å². The average Bonchev–Trinajstić information content (AvgIpc) is 2.74. The highest BCUT2D eigenvalue weighted by atomic mass is 19.4. The molecule has 108 valence electrons. The molecule has 0 saturated carbocycles. The Bertz CT molecular complexity index is 600. The van der Waals surface area contributed by atoms with E-state index >= 15 is 0 Å². The number of benzene rings is 1. The molecule has 2 N–H and O–H groups in total. The van der Waals surface area contributed by atoms with E-state index in [0.29, 0.717) is 6.54 Å². The van der Waals surface area contributed by atoms with Gasteiger partial charge in [0.1, 0.15) is 0 Å². The Balaban J connectivity index is 2.61. The summed E-state index contributed by atoms with van der Waals surface area (Å²) in [6, 6.07) is 7.34. The van der Waals surface area contributed by atoms with E-state index in [1.165, 1.54) is 16.7 Å². The summed E-state index contributed by atoms with van der Waals surface area (Å²) in [6.45, 7) is 0.526. The Kier molecular flexibility index (Phi) is 3.76. The van der Waals surface area contributed by atoms with Crippen molar-refractivity contribution in [2.45, 2.75) is 12.7 Å². The third-order valence-corrected chi connectivity index (χ3v) is 2.92. The first-order valence-corrected chi connectivity index (χ1v) is 6.07. The maximum absolute atomic E-state index is 13.1. The second-order valence-electron chi connectivity index (χ2n) is 4.85. The number of halogens is 3. The van der Waals surface area contributed by atoms with Crippen LogP contribution in [-0.4, -0.2) is 23.6 Å². The van der Waals surface area contributed by atoms with Gasteiger partial charge in [-0.25, -0.2) is 0 Å². The van der Waals surface area contributed by atoms with E-state index < -0.39 is 11.7 Å². The molecule has 0 saturated heterocycles. The van der Waals surface area contributed by atoms with Crippen LogP contribution in [0, 0.1) is 0 Å². The Morgan fingerprint density at radius 1 is 1.15 bits per heavy atom. The zero-order chi connectivity index (χ0) is 14.9. The molecule has 0 unspecified atom stereocenters. The third-order valence-electron chi connectivity index (χ3n) is 2.92. The molecule has 0 amide bonds. The van der Waals surface area contributed by atoms with Gasteiger partial charge in [0, 0.05) is 18.4 Å². The molecular weight excluding hydrogens is 267 g/mol. The van der Waals surface area contributed by atoms with Crippen molar-refractivity contribution in [3.05, 3.63) is 47.8 Å². The van der Waals surface area contributed by atoms with E-state index in [-0.39, 0.29) is 11.4 Å². The Morgan fingerprint density at radius 3 is 2.45 bits per heavy atom. The molecule has 0 aliphatic heterocycles. The molecule has 0 aliphatic rings. The minimum Gasteiger partial charge on any atom is -0.397 e. The van der Waals surface area contributed by atoms with Crippen LogP contribution in [0.25, 0.3) is 5.69 Å². The number of rotatable bonds is 3. The first-order chi connectivity index (χ1) is 9.30. The van der Waals surface area contributed by atoms with Crippen molar-refractivity contribution < 1.29 is 13.2 Å². The number of nitrogen functional groups attached to an aromatic ring is 1. The monoisotopic (exact) mass is 283 g/mol. The van der Waals surface area contributed by atoms with Crippen LogP contribution in [0.2, 0.25) is 0 Å². The summed E-state index contributed by atoms with van der Waals surface area (Å²) < 4.78 is 40.9. The Morgan fingerprint density at radius 2 is 1.85 bits per heavy atom. The van der Waals surface area contributed by atoms with Crippen LogP contribution in [0.3, 0.4) is 0 Å². The van der Waals surface area contributed by atoms with E-state index in [4.69, 9.17) is 5.73 Å². The fraction of sp³-hybridized carbons (Fsp3) is 0.286. The molecule has 0 spiro atoms. The standard InChI is InChI=1S/C14H16F3N3/c1-19(2)9-10-5-4-8-20(10)13-11(14(15,16)17)6-3-7-12(13)18/h3-8H,9,18H2,1-2H3. The van der Waals surface area contributed by atoms with E-state index in [1.807, 2.05) is 19.0 Å². The summed E-state index contributed by atoms with van der Waals surface area (Å²) in [7, 11) is 3.72. The SMILES string of the molecule is CN(C)Cc1cccn1-c1c(N)cccc1C(F)(F)F. The molecule has 2 aromatic rings. The van der Waals surface area contributed by atoms with Crippen LogP contribution in [-0.2, 0) is 12.7 Å². The normalized spacial score (nSPS) is 12.1. The van der Waals surface area contributed by atoms with Crippen molar-refractivity contribution in [2.24, 2.45) is 0 Å². The lowest BCUT2D eigenvalue weighted by Crippen LogP contribution is -2.17. The molecule has 1 heterocycles. The highest BCUT2D eigenvalue weighted by molar-refractivity contribution is 5.63. The molecule has 20 heavy (non-hydrogen) atoms. The van der Waals surface area contributed by atoms with Crippen LogP contribution in [0.5, 0.6) is 0 Å². The Labute approximate surface area is 115 Å². The lowest BCUT2D eigenvalue weighted by molar-refractivity contribution is -0.137. The van der Waals surface area contributed by atoms with Gasteiger partial charge in [-0.1, -0.05) is 6.07 Å². The topological polar surface area (TPSA) is 34.2 Å². The molecule has 3 nitrogen and oxygen atoms in total. The summed E-state index contributed by atoms with van der Waals surface area (Å²) in [5.41, 5.74) is 5.89. The maximum atomic E-state index is 13.1. The number of aromatic nitrogens is 1. The van der Waals surface area contributed by atoms with Crippen molar-refractivity contribution in [1.29, 1.82) is 0 Å². The number of nitrogens with two attached hydrogens (primary N) is 1. The lowest BCUT2D eigenvalue weighted by Gasteiger charge is -2.19. The number of hydrogen-bond acceptors (Lipinski definition) is 2. The third kappa shape index (κ3) is 2.80. The van der Waals surface area contributed by atoms with Gasteiger partial charge in [0.15, 0.2) is 0 Å². The van der Waals surface area contributed by atoms with Crippen molar-refractivity contribution in [3.63, 3.8) is 0 Å². The highest BCUT2D eigenvalue weighted by Crippen LogP contribution is 2.37. The highest BCUT2D eigenvalue weighted by Gasteiger charge is 2.35. The minimum atomic E-state index is -4.44. The predicted molar refractivity (Wildman–Crippen MR) is 72.6 cm³/mol. The lowest BCUT2D eigenvalue weighted by atomic mass is 10.1. The van der Waals surface area contributed by atoms with Gasteiger partial charge in [-0.05, 0) is 38.4 Å².